The lowest BCUT2D eigenvalue weighted by atomic mass is 9.82. The Labute approximate surface area is 105 Å². The van der Waals surface area contributed by atoms with Crippen molar-refractivity contribution in [1.29, 1.82) is 0 Å². The molecule has 0 aromatic heterocycles. The second kappa shape index (κ2) is 4.87. The first-order valence-electron chi connectivity index (χ1n) is 7.45. The largest absolute Gasteiger partial charge is 0.328 e. The number of likely N-dealkylation sites (tertiary alicyclic amines) is 1. The van der Waals surface area contributed by atoms with E-state index in [0.29, 0.717) is 6.04 Å². The summed E-state index contributed by atoms with van der Waals surface area (Å²) in [6, 6.07) is 2.88. The highest BCUT2D eigenvalue weighted by Gasteiger charge is 2.38. The zero-order valence-electron chi connectivity index (χ0n) is 11.1. The van der Waals surface area contributed by atoms with E-state index in [-0.39, 0.29) is 0 Å². The number of piperidine rings is 2. The number of rotatable bonds is 2. The summed E-state index contributed by atoms with van der Waals surface area (Å²) in [6.07, 6.45) is 9.49. The SMILES string of the molecule is CN1CCCC1CN1C2CCCC1CC(N)C2. The lowest BCUT2D eigenvalue weighted by Crippen LogP contribution is -2.57. The molecule has 0 amide bonds. The van der Waals surface area contributed by atoms with Crippen LogP contribution in [0, 0.1) is 0 Å². The molecule has 0 radical (unpaired) electrons. The molecule has 2 bridgehead atoms. The summed E-state index contributed by atoms with van der Waals surface area (Å²) in [7, 11) is 2.29. The summed E-state index contributed by atoms with van der Waals surface area (Å²) < 4.78 is 0. The van der Waals surface area contributed by atoms with E-state index in [4.69, 9.17) is 5.73 Å². The second-order valence-corrected chi connectivity index (χ2v) is 6.44. The first-order valence-corrected chi connectivity index (χ1v) is 7.45. The van der Waals surface area contributed by atoms with E-state index < -0.39 is 0 Å². The van der Waals surface area contributed by atoms with Crippen LogP contribution in [0.15, 0.2) is 0 Å². The van der Waals surface area contributed by atoms with Gasteiger partial charge in [-0.1, -0.05) is 6.42 Å². The van der Waals surface area contributed by atoms with E-state index in [1.54, 1.807) is 0 Å². The molecule has 0 aromatic rings. The Morgan fingerprint density at radius 3 is 2.35 bits per heavy atom. The van der Waals surface area contributed by atoms with Crippen molar-refractivity contribution in [2.24, 2.45) is 5.73 Å². The Bertz CT molecular complexity index is 254. The van der Waals surface area contributed by atoms with E-state index in [2.05, 4.69) is 16.8 Å². The lowest BCUT2D eigenvalue weighted by Gasteiger charge is -2.49. The summed E-state index contributed by atoms with van der Waals surface area (Å²) in [4.78, 5) is 5.38. The maximum Gasteiger partial charge on any atom is 0.0220 e. The average Bonchev–Trinajstić information content (AvgIpc) is 2.66. The van der Waals surface area contributed by atoms with Gasteiger partial charge in [0, 0.05) is 30.7 Å². The van der Waals surface area contributed by atoms with Gasteiger partial charge in [-0.05, 0) is 52.1 Å². The summed E-state index contributed by atoms with van der Waals surface area (Å²) >= 11 is 0. The number of nitrogens with zero attached hydrogens (tertiary/aromatic N) is 2. The fraction of sp³-hybridized carbons (Fsp3) is 1.00. The third-order valence-electron chi connectivity index (χ3n) is 5.26. The van der Waals surface area contributed by atoms with Gasteiger partial charge in [0.1, 0.15) is 0 Å². The van der Waals surface area contributed by atoms with Gasteiger partial charge in [-0.25, -0.2) is 0 Å². The Morgan fingerprint density at radius 2 is 1.76 bits per heavy atom. The number of likely N-dealkylation sites (N-methyl/N-ethyl adjacent to an activating group) is 1. The molecule has 3 saturated heterocycles. The topological polar surface area (TPSA) is 32.5 Å². The average molecular weight is 237 g/mol. The Morgan fingerprint density at radius 1 is 1.06 bits per heavy atom. The molecular formula is C14H27N3. The molecular weight excluding hydrogens is 210 g/mol. The van der Waals surface area contributed by atoms with Crippen LogP contribution in [-0.4, -0.2) is 54.1 Å². The zero-order valence-corrected chi connectivity index (χ0v) is 11.1. The quantitative estimate of drug-likeness (QED) is 0.788. The highest BCUT2D eigenvalue weighted by Crippen LogP contribution is 2.34. The number of nitrogens with two attached hydrogens (primary N) is 1. The number of fused-ring (bicyclic) bond motifs is 2. The summed E-state index contributed by atoms with van der Waals surface area (Å²) in [5.41, 5.74) is 6.19. The molecule has 3 atom stereocenters. The van der Waals surface area contributed by atoms with Gasteiger partial charge in [0.05, 0.1) is 0 Å². The zero-order chi connectivity index (χ0) is 11.8. The van der Waals surface area contributed by atoms with Crippen molar-refractivity contribution in [3.8, 4) is 0 Å². The number of hydrogen-bond donors (Lipinski definition) is 1. The lowest BCUT2D eigenvalue weighted by molar-refractivity contribution is 0.0153. The molecule has 3 unspecified atom stereocenters. The van der Waals surface area contributed by atoms with Crippen LogP contribution in [0.5, 0.6) is 0 Å². The minimum atomic E-state index is 0.475. The predicted octanol–water partition coefficient (Wildman–Crippen LogP) is 1.42. The Balaban J connectivity index is 1.65. The molecule has 3 heterocycles. The molecule has 3 aliphatic rings. The summed E-state index contributed by atoms with van der Waals surface area (Å²) in [6.45, 7) is 2.60. The fourth-order valence-electron chi connectivity index (χ4n) is 4.27. The molecule has 98 valence electrons. The maximum atomic E-state index is 6.19. The van der Waals surface area contributed by atoms with Crippen molar-refractivity contribution in [2.45, 2.75) is 69.1 Å². The monoisotopic (exact) mass is 237 g/mol. The highest BCUT2D eigenvalue weighted by atomic mass is 15.3. The van der Waals surface area contributed by atoms with Gasteiger partial charge in [-0.15, -0.1) is 0 Å². The molecule has 3 heteroatoms. The van der Waals surface area contributed by atoms with Gasteiger partial charge in [0.25, 0.3) is 0 Å². The van der Waals surface area contributed by atoms with Gasteiger partial charge in [-0.3, -0.25) is 4.90 Å². The van der Waals surface area contributed by atoms with Gasteiger partial charge >= 0.3 is 0 Å². The van der Waals surface area contributed by atoms with Crippen molar-refractivity contribution in [2.75, 3.05) is 20.1 Å². The molecule has 0 saturated carbocycles. The minimum Gasteiger partial charge on any atom is -0.328 e. The van der Waals surface area contributed by atoms with Crippen molar-refractivity contribution >= 4 is 0 Å². The van der Waals surface area contributed by atoms with E-state index in [9.17, 15) is 0 Å². The van der Waals surface area contributed by atoms with E-state index in [1.165, 1.54) is 58.0 Å². The van der Waals surface area contributed by atoms with E-state index in [1.807, 2.05) is 0 Å². The van der Waals surface area contributed by atoms with Gasteiger partial charge in [-0.2, -0.15) is 0 Å². The smallest absolute Gasteiger partial charge is 0.0220 e. The fourth-order valence-corrected chi connectivity index (χ4v) is 4.27. The molecule has 3 rings (SSSR count). The van der Waals surface area contributed by atoms with E-state index in [0.717, 1.165) is 18.1 Å². The van der Waals surface area contributed by atoms with Crippen molar-refractivity contribution < 1.29 is 0 Å². The summed E-state index contributed by atoms with van der Waals surface area (Å²) in [5.74, 6) is 0. The molecule has 17 heavy (non-hydrogen) atoms. The van der Waals surface area contributed by atoms with Crippen LogP contribution in [0.2, 0.25) is 0 Å². The van der Waals surface area contributed by atoms with Crippen LogP contribution in [0.4, 0.5) is 0 Å². The highest BCUT2D eigenvalue weighted by molar-refractivity contribution is 4.96. The molecule has 0 aliphatic carbocycles. The van der Waals surface area contributed by atoms with Crippen LogP contribution in [0.25, 0.3) is 0 Å². The normalized spacial score (nSPS) is 44.1. The second-order valence-electron chi connectivity index (χ2n) is 6.44. The molecule has 3 fully saturated rings. The van der Waals surface area contributed by atoms with Crippen LogP contribution in [0.1, 0.15) is 44.9 Å². The third-order valence-corrected chi connectivity index (χ3v) is 5.26. The van der Waals surface area contributed by atoms with Crippen LogP contribution in [-0.2, 0) is 0 Å². The van der Waals surface area contributed by atoms with Crippen molar-refractivity contribution in [3.63, 3.8) is 0 Å². The molecule has 0 spiro atoms. The van der Waals surface area contributed by atoms with Crippen molar-refractivity contribution in [3.05, 3.63) is 0 Å². The molecule has 0 aromatic carbocycles. The van der Waals surface area contributed by atoms with Crippen LogP contribution >= 0.6 is 0 Å². The van der Waals surface area contributed by atoms with E-state index >= 15 is 0 Å². The minimum absolute atomic E-state index is 0.475. The van der Waals surface area contributed by atoms with Gasteiger partial charge in [0.2, 0.25) is 0 Å². The number of hydrogen-bond acceptors (Lipinski definition) is 3. The van der Waals surface area contributed by atoms with Gasteiger partial charge < -0.3 is 10.6 Å². The molecule has 3 aliphatic heterocycles. The van der Waals surface area contributed by atoms with Crippen LogP contribution in [0.3, 0.4) is 0 Å². The predicted molar refractivity (Wildman–Crippen MR) is 71.0 cm³/mol. The Hall–Kier alpha value is -0.120. The Kier molecular flexibility index (Phi) is 3.42. The van der Waals surface area contributed by atoms with Crippen molar-refractivity contribution in [1.82, 2.24) is 9.80 Å². The molecule has 2 N–H and O–H groups in total. The summed E-state index contributed by atoms with van der Waals surface area (Å²) in [5, 5.41) is 0. The maximum absolute atomic E-state index is 6.19. The molecule has 3 nitrogen and oxygen atoms in total. The third kappa shape index (κ3) is 2.38. The first kappa shape index (κ1) is 11.9. The van der Waals surface area contributed by atoms with Gasteiger partial charge in [0.15, 0.2) is 0 Å². The van der Waals surface area contributed by atoms with Crippen LogP contribution < -0.4 is 5.73 Å². The standard InChI is InChI=1S/C14H27N3/c1-16-7-3-6-14(16)10-17-12-4-2-5-13(17)9-11(15)8-12/h11-14H,2-10,15H2,1H3. The first-order chi connectivity index (χ1) is 8.24.